The summed E-state index contributed by atoms with van der Waals surface area (Å²) >= 11 is 0. The summed E-state index contributed by atoms with van der Waals surface area (Å²) in [6.07, 6.45) is 3.61. The van der Waals surface area contributed by atoms with Gasteiger partial charge in [0.2, 0.25) is 5.91 Å². The monoisotopic (exact) mass is 400 g/mol. The Morgan fingerprint density at radius 1 is 1.26 bits per heavy atom. The van der Waals surface area contributed by atoms with Gasteiger partial charge in [-0.05, 0) is 56.0 Å². The number of carbonyl (C=O) groups excluding carboxylic acids is 2. The number of urea groups is 1. The Morgan fingerprint density at radius 2 is 2.00 bits per heavy atom. The minimum atomic E-state index is -0.551. The molecule has 0 saturated carbocycles. The molecule has 4 N–H and O–H groups in total. The number of amides is 3. The standard InChI is InChI=1S/C19H29FN4O2.ClH/c1-2-4-17(18(25)22-13-15-5-3-10-21-11-15)24-19(26)23-12-14-6-8-16(20)9-7-14;/h6-9,15,17,21H,2-5,10-13H2,1H3,(H,22,25)(H2,23,24,26);1H. The first-order valence-corrected chi connectivity index (χ1v) is 9.35. The Kier molecular flexibility index (Phi) is 10.7. The quantitative estimate of drug-likeness (QED) is 0.540. The summed E-state index contributed by atoms with van der Waals surface area (Å²) < 4.78 is 12.9. The fourth-order valence-corrected chi connectivity index (χ4v) is 3.02. The van der Waals surface area contributed by atoms with E-state index in [2.05, 4.69) is 21.3 Å². The van der Waals surface area contributed by atoms with E-state index in [0.717, 1.165) is 37.9 Å². The van der Waals surface area contributed by atoms with Gasteiger partial charge in [-0.15, -0.1) is 12.4 Å². The van der Waals surface area contributed by atoms with Crippen LogP contribution in [0.5, 0.6) is 0 Å². The van der Waals surface area contributed by atoms with Gasteiger partial charge in [-0.2, -0.15) is 0 Å². The lowest BCUT2D eigenvalue weighted by Gasteiger charge is -2.24. The second-order valence-corrected chi connectivity index (χ2v) is 6.75. The summed E-state index contributed by atoms with van der Waals surface area (Å²) in [6, 6.07) is 4.98. The molecule has 0 radical (unpaired) electrons. The molecule has 1 aromatic carbocycles. The third-order valence-electron chi connectivity index (χ3n) is 4.53. The summed E-state index contributed by atoms with van der Waals surface area (Å²) in [5.74, 6) is -0.0114. The van der Waals surface area contributed by atoms with Gasteiger partial charge in [0.25, 0.3) is 0 Å². The van der Waals surface area contributed by atoms with Crippen molar-refractivity contribution in [2.45, 2.75) is 45.2 Å². The molecule has 8 heteroatoms. The molecule has 1 heterocycles. The van der Waals surface area contributed by atoms with Gasteiger partial charge in [0.1, 0.15) is 11.9 Å². The average molecular weight is 401 g/mol. The lowest BCUT2D eigenvalue weighted by Crippen LogP contribution is -2.51. The number of hydrogen-bond donors (Lipinski definition) is 4. The van der Waals surface area contributed by atoms with Crippen LogP contribution in [0.2, 0.25) is 0 Å². The molecule has 2 unspecified atom stereocenters. The predicted octanol–water partition coefficient (Wildman–Crippen LogP) is 2.33. The van der Waals surface area contributed by atoms with Crippen molar-refractivity contribution in [1.82, 2.24) is 21.3 Å². The Hall–Kier alpha value is -1.86. The van der Waals surface area contributed by atoms with E-state index in [1.165, 1.54) is 12.1 Å². The molecule has 152 valence electrons. The number of halogens is 2. The van der Waals surface area contributed by atoms with Crippen molar-refractivity contribution < 1.29 is 14.0 Å². The Morgan fingerprint density at radius 3 is 2.63 bits per heavy atom. The molecule has 0 aromatic heterocycles. The molecule has 27 heavy (non-hydrogen) atoms. The zero-order valence-corrected chi connectivity index (χ0v) is 16.5. The Balaban J connectivity index is 0.00000364. The third kappa shape index (κ3) is 8.58. The van der Waals surface area contributed by atoms with Gasteiger partial charge in [-0.3, -0.25) is 4.79 Å². The van der Waals surface area contributed by atoms with Gasteiger partial charge in [0, 0.05) is 13.1 Å². The first-order valence-electron chi connectivity index (χ1n) is 9.35. The van der Waals surface area contributed by atoms with Crippen LogP contribution in [0.25, 0.3) is 0 Å². The van der Waals surface area contributed by atoms with E-state index in [0.29, 0.717) is 18.9 Å². The van der Waals surface area contributed by atoms with E-state index in [1.807, 2.05) is 6.92 Å². The largest absolute Gasteiger partial charge is 0.354 e. The first-order chi connectivity index (χ1) is 12.6. The molecule has 0 aliphatic carbocycles. The molecule has 0 spiro atoms. The highest BCUT2D eigenvalue weighted by Gasteiger charge is 2.21. The van der Waals surface area contributed by atoms with Crippen LogP contribution in [0, 0.1) is 11.7 Å². The van der Waals surface area contributed by atoms with Crippen LogP contribution in [0.4, 0.5) is 9.18 Å². The van der Waals surface area contributed by atoms with Gasteiger partial charge in [0.15, 0.2) is 0 Å². The topological polar surface area (TPSA) is 82.3 Å². The Labute approximate surface area is 166 Å². The van der Waals surface area contributed by atoms with Crippen LogP contribution in [0.1, 0.15) is 38.2 Å². The van der Waals surface area contributed by atoms with Crippen molar-refractivity contribution in [3.63, 3.8) is 0 Å². The molecule has 1 aliphatic rings. The second-order valence-electron chi connectivity index (χ2n) is 6.75. The van der Waals surface area contributed by atoms with Crippen molar-refractivity contribution in [3.05, 3.63) is 35.6 Å². The van der Waals surface area contributed by atoms with Gasteiger partial charge >= 0.3 is 6.03 Å². The fourth-order valence-electron chi connectivity index (χ4n) is 3.02. The second kappa shape index (κ2) is 12.5. The van der Waals surface area contributed by atoms with Crippen LogP contribution < -0.4 is 21.3 Å². The number of carbonyl (C=O) groups is 2. The molecule has 1 saturated heterocycles. The molecule has 1 fully saturated rings. The molecular formula is C19H30ClFN4O2. The number of piperidine rings is 1. The predicted molar refractivity (Wildman–Crippen MR) is 106 cm³/mol. The SMILES string of the molecule is CCCC(NC(=O)NCc1ccc(F)cc1)C(=O)NCC1CCCNC1.Cl. The van der Waals surface area contributed by atoms with Crippen molar-refractivity contribution in [2.24, 2.45) is 5.92 Å². The van der Waals surface area contributed by atoms with Crippen molar-refractivity contribution >= 4 is 24.3 Å². The van der Waals surface area contributed by atoms with E-state index in [1.54, 1.807) is 12.1 Å². The van der Waals surface area contributed by atoms with Gasteiger partial charge in [0.05, 0.1) is 0 Å². The van der Waals surface area contributed by atoms with Crippen molar-refractivity contribution in [1.29, 1.82) is 0 Å². The minimum absolute atomic E-state index is 0. The number of nitrogens with one attached hydrogen (secondary N) is 4. The summed E-state index contributed by atoms with van der Waals surface area (Å²) in [5.41, 5.74) is 0.794. The van der Waals surface area contributed by atoms with Crippen molar-refractivity contribution in [3.8, 4) is 0 Å². The van der Waals surface area contributed by atoms with Gasteiger partial charge in [-0.1, -0.05) is 25.5 Å². The van der Waals surface area contributed by atoms with E-state index >= 15 is 0 Å². The van der Waals surface area contributed by atoms with Crippen LogP contribution in [0.3, 0.4) is 0 Å². The van der Waals surface area contributed by atoms with E-state index in [-0.39, 0.29) is 30.7 Å². The highest BCUT2D eigenvalue weighted by Crippen LogP contribution is 2.08. The van der Waals surface area contributed by atoms with Crippen LogP contribution in [-0.4, -0.2) is 37.6 Å². The smallest absolute Gasteiger partial charge is 0.315 e. The molecule has 2 atom stereocenters. The zero-order chi connectivity index (χ0) is 18.8. The molecule has 6 nitrogen and oxygen atoms in total. The fraction of sp³-hybridized carbons (Fsp3) is 0.579. The third-order valence-corrected chi connectivity index (χ3v) is 4.53. The van der Waals surface area contributed by atoms with Crippen LogP contribution >= 0.6 is 12.4 Å². The van der Waals surface area contributed by atoms with Crippen LogP contribution in [0.15, 0.2) is 24.3 Å². The maximum absolute atomic E-state index is 12.9. The molecule has 1 aliphatic heterocycles. The number of benzene rings is 1. The molecular weight excluding hydrogens is 371 g/mol. The maximum Gasteiger partial charge on any atom is 0.315 e. The van der Waals surface area contributed by atoms with E-state index in [9.17, 15) is 14.0 Å². The lowest BCUT2D eigenvalue weighted by atomic mass is 9.99. The molecule has 2 rings (SSSR count). The van der Waals surface area contributed by atoms with E-state index < -0.39 is 12.1 Å². The van der Waals surface area contributed by atoms with E-state index in [4.69, 9.17) is 0 Å². The highest BCUT2D eigenvalue weighted by atomic mass is 35.5. The van der Waals surface area contributed by atoms with Crippen LogP contribution in [-0.2, 0) is 11.3 Å². The lowest BCUT2D eigenvalue weighted by molar-refractivity contribution is -0.123. The highest BCUT2D eigenvalue weighted by molar-refractivity contribution is 5.87. The number of rotatable bonds is 8. The van der Waals surface area contributed by atoms with Crippen molar-refractivity contribution in [2.75, 3.05) is 19.6 Å². The normalized spacial score (nSPS) is 17.3. The van der Waals surface area contributed by atoms with Gasteiger partial charge < -0.3 is 21.3 Å². The minimum Gasteiger partial charge on any atom is -0.354 e. The molecule has 3 amide bonds. The summed E-state index contributed by atoms with van der Waals surface area (Å²) in [7, 11) is 0. The molecule has 1 aromatic rings. The number of hydrogen-bond acceptors (Lipinski definition) is 3. The first kappa shape index (κ1) is 23.2. The van der Waals surface area contributed by atoms with Gasteiger partial charge in [-0.25, -0.2) is 9.18 Å². The summed E-state index contributed by atoms with van der Waals surface area (Å²) in [6.45, 7) is 4.84. The molecule has 0 bridgehead atoms. The maximum atomic E-state index is 12.9. The summed E-state index contributed by atoms with van der Waals surface area (Å²) in [5, 5.41) is 11.7. The summed E-state index contributed by atoms with van der Waals surface area (Å²) in [4.78, 5) is 24.5. The average Bonchev–Trinajstić information content (AvgIpc) is 2.66. The zero-order valence-electron chi connectivity index (χ0n) is 15.7. The Bertz CT molecular complexity index is 580.